The van der Waals surface area contributed by atoms with Crippen LogP contribution in [0.25, 0.3) is 0 Å². The van der Waals surface area contributed by atoms with Gasteiger partial charge in [0.2, 0.25) is 5.88 Å². The summed E-state index contributed by atoms with van der Waals surface area (Å²) < 4.78 is 6.40. The van der Waals surface area contributed by atoms with Gasteiger partial charge in [-0.1, -0.05) is 6.07 Å². The van der Waals surface area contributed by atoms with E-state index in [0.717, 1.165) is 31.8 Å². The average molecular weight is 327 g/mol. The highest BCUT2D eigenvalue weighted by Gasteiger charge is 2.57. The topological polar surface area (TPSA) is 51.4 Å². The first kappa shape index (κ1) is 14.0. The van der Waals surface area contributed by atoms with Crippen molar-refractivity contribution in [2.75, 3.05) is 13.1 Å². The minimum Gasteiger partial charge on any atom is -0.467 e. The van der Waals surface area contributed by atoms with Crippen LogP contribution in [0, 0.1) is 5.92 Å². The quantitative estimate of drug-likeness (QED) is 0.920. The first-order valence-corrected chi connectivity index (χ1v) is 9.31. The minimum atomic E-state index is -0.243. The second-order valence-electron chi connectivity index (χ2n) is 7.05. The van der Waals surface area contributed by atoms with E-state index < -0.39 is 0 Å². The summed E-state index contributed by atoms with van der Waals surface area (Å²) in [6, 6.07) is 6.56. The molecule has 2 aromatic rings. The van der Waals surface area contributed by atoms with Gasteiger partial charge in [-0.05, 0) is 35.9 Å². The first-order chi connectivity index (χ1) is 11.2. The fraction of sp³-hybridized carbons (Fsp3) is 0.500. The van der Waals surface area contributed by atoms with Gasteiger partial charge in [0.15, 0.2) is 0 Å². The van der Waals surface area contributed by atoms with Crippen LogP contribution in [0.5, 0.6) is 5.88 Å². The van der Waals surface area contributed by atoms with E-state index in [4.69, 9.17) is 10.5 Å². The Kier molecular flexibility index (Phi) is 3.05. The predicted molar refractivity (Wildman–Crippen MR) is 90.7 cm³/mol. The van der Waals surface area contributed by atoms with Crippen molar-refractivity contribution in [2.24, 2.45) is 11.7 Å². The van der Waals surface area contributed by atoms with Crippen LogP contribution in [-0.4, -0.2) is 34.7 Å². The highest BCUT2D eigenvalue weighted by molar-refractivity contribution is 7.09. The van der Waals surface area contributed by atoms with E-state index in [-0.39, 0.29) is 11.8 Å². The zero-order valence-corrected chi connectivity index (χ0v) is 13.9. The Hall–Kier alpha value is -1.43. The van der Waals surface area contributed by atoms with Crippen molar-refractivity contribution in [1.29, 1.82) is 0 Å². The van der Waals surface area contributed by atoms with Crippen molar-refractivity contribution in [2.45, 2.75) is 37.5 Å². The van der Waals surface area contributed by atoms with Crippen molar-refractivity contribution in [3.05, 3.63) is 45.8 Å². The van der Waals surface area contributed by atoms with Crippen LogP contribution in [0.2, 0.25) is 0 Å². The number of rotatable bonds is 2. The Balaban J connectivity index is 1.45. The molecule has 120 valence electrons. The van der Waals surface area contributed by atoms with Crippen LogP contribution in [0.4, 0.5) is 0 Å². The monoisotopic (exact) mass is 327 g/mol. The van der Waals surface area contributed by atoms with Gasteiger partial charge in [-0.25, -0.2) is 4.98 Å². The predicted octanol–water partition coefficient (Wildman–Crippen LogP) is 2.42. The molecular weight excluding hydrogens is 306 g/mol. The number of hydrogen-bond donors (Lipinski definition) is 1. The maximum atomic E-state index is 6.56. The van der Waals surface area contributed by atoms with Crippen molar-refractivity contribution in [1.82, 2.24) is 9.88 Å². The second kappa shape index (κ2) is 5.03. The van der Waals surface area contributed by atoms with Crippen LogP contribution in [0.1, 0.15) is 28.8 Å². The lowest BCUT2D eigenvalue weighted by atomic mass is 9.71. The lowest BCUT2D eigenvalue weighted by Gasteiger charge is -2.54. The molecule has 5 heteroatoms. The molecule has 0 radical (unpaired) electrons. The van der Waals surface area contributed by atoms with Gasteiger partial charge < -0.3 is 10.5 Å². The number of hydrogen-bond acceptors (Lipinski definition) is 5. The van der Waals surface area contributed by atoms with Crippen LogP contribution in [0.15, 0.2) is 29.8 Å². The second-order valence-corrected chi connectivity index (χ2v) is 8.09. The van der Waals surface area contributed by atoms with Gasteiger partial charge in [0, 0.05) is 48.5 Å². The third kappa shape index (κ3) is 2.07. The number of nitrogens with zero attached hydrogens (tertiary/aromatic N) is 2. The molecular formula is C18H21N3OS. The summed E-state index contributed by atoms with van der Waals surface area (Å²) in [5.41, 5.74) is 8.82. The third-order valence-corrected chi connectivity index (χ3v) is 6.68. The highest BCUT2D eigenvalue weighted by Crippen LogP contribution is 2.48. The molecule has 6 rings (SSSR count). The summed E-state index contributed by atoms with van der Waals surface area (Å²) in [5.74, 6) is 1.38. The van der Waals surface area contributed by atoms with Gasteiger partial charge in [0.25, 0.3) is 0 Å². The summed E-state index contributed by atoms with van der Waals surface area (Å²) in [5, 5.41) is 2.13. The standard InChI is InChI=1S/C18H21N3OS/c19-17-18(14-3-5-21(17)6-4-14)10-13-8-12(11-20-16(13)22-18)9-15-2-1-7-23-15/h1-2,7-8,11,14,17H,3-6,9-10,19H2/t17?,18-/m1/s1. The largest absolute Gasteiger partial charge is 0.467 e. The molecule has 0 amide bonds. The van der Waals surface area contributed by atoms with Crippen LogP contribution in [-0.2, 0) is 12.8 Å². The lowest BCUT2D eigenvalue weighted by Crippen LogP contribution is -2.71. The molecule has 3 saturated heterocycles. The van der Waals surface area contributed by atoms with Gasteiger partial charge in [0.1, 0.15) is 5.60 Å². The Morgan fingerprint density at radius 2 is 2.26 bits per heavy atom. The van der Waals surface area contributed by atoms with E-state index in [2.05, 4.69) is 33.5 Å². The zero-order valence-electron chi connectivity index (χ0n) is 13.1. The molecule has 4 nitrogen and oxygen atoms in total. The molecule has 2 aromatic heterocycles. The molecule has 2 N–H and O–H groups in total. The van der Waals surface area contributed by atoms with Crippen LogP contribution < -0.4 is 10.5 Å². The number of thiophene rings is 1. The minimum absolute atomic E-state index is 0.00458. The van der Waals surface area contributed by atoms with Crippen LogP contribution >= 0.6 is 11.3 Å². The number of aromatic nitrogens is 1. The molecule has 6 heterocycles. The summed E-state index contributed by atoms with van der Waals surface area (Å²) in [7, 11) is 0. The Morgan fingerprint density at radius 3 is 3.00 bits per heavy atom. The third-order valence-electron chi connectivity index (χ3n) is 5.81. The number of fused-ring (bicyclic) bond motifs is 3. The smallest absolute Gasteiger partial charge is 0.217 e. The van der Waals surface area contributed by atoms with Gasteiger partial charge in [-0.3, -0.25) is 4.90 Å². The number of piperidine rings is 3. The Labute approximate surface area is 140 Å². The summed E-state index contributed by atoms with van der Waals surface area (Å²) >= 11 is 1.80. The maximum absolute atomic E-state index is 6.56. The normalized spacial score (nSPS) is 34.6. The molecule has 2 bridgehead atoms. The van der Waals surface area contributed by atoms with Crippen molar-refractivity contribution in [3.63, 3.8) is 0 Å². The molecule has 4 aliphatic heterocycles. The lowest BCUT2D eigenvalue weighted by molar-refractivity contribution is -0.126. The maximum Gasteiger partial charge on any atom is 0.217 e. The van der Waals surface area contributed by atoms with E-state index in [0.29, 0.717) is 5.92 Å². The summed E-state index contributed by atoms with van der Waals surface area (Å²) in [4.78, 5) is 8.38. The molecule has 1 unspecified atom stereocenters. The average Bonchev–Trinajstić information content (AvgIpc) is 3.20. The summed E-state index contributed by atoms with van der Waals surface area (Å²) in [6.45, 7) is 2.23. The molecule has 23 heavy (non-hydrogen) atoms. The van der Waals surface area contributed by atoms with Gasteiger partial charge in [-0.2, -0.15) is 0 Å². The van der Waals surface area contributed by atoms with E-state index in [1.165, 1.54) is 28.8 Å². The SMILES string of the molecule is NC1N2CCC(CC2)[C@]12Cc1cc(Cc3cccs3)cnc1O2. The van der Waals surface area contributed by atoms with Gasteiger partial charge in [0.05, 0.1) is 6.17 Å². The number of ether oxygens (including phenoxy) is 1. The van der Waals surface area contributed by atoms with E-state index in [1.54, 1.807) is 11.3 Å². The molecule has 0 aromatic carbocycles. The molecule has 0 aliphatic carbocycles. The van der Waals surface area contributed by atoms with E-state index in [1.807, 2.05) is 6.20 Å². The molecule has 4 aliphatic rings. The van der Waals surface area contributed by atoms with Crippen molar-refractivity contribution in [3.8, 4) is 5.88 Å². The van der Waals surface area contributed by atoms with Gasteiger partial charge in [-0.15, -0.1) is 11.3 Å². The van der Waals surface area contributed by atoms with Gasteiger partial charge >= 0.3 is 0 Å². The van der Waals surface area contributed by atoms with E-state index >= 15 is 0 Å². The summed E-state index contributed by atoms with van der Waals surface area (Å²) in [6.07, 6.45) is 6.23. The zero-order chi connectivity index (χ0) is 15.4. The highest BCUT2D eigenvalue weighted by atomic mass is 32.1. The number of pyridine rings is 1. The fourth-order valence-corrected chi connectivity index (χ4v) is 5.34. The number of nitrogens with two attached hydrogens (primary N) is 1. The Bertz CT molecular complexity index is 720. The Morgan fingerprint density at radius 1 is 1.39 bits per heavy atom. The van der Waals surface area contributed by atoms with E-state index in [9.17, 15) is 0 Å². The molecule has 2 atom stereocenters. The first-order valence-electron chi connectivity index (χ1n) is 8.43. The van der Waals surface area contributed by atoms with Crippen molar-refractivity contribution < 1.29 is 4.74 Å². The molecule has 3 fully saturated rings. The van der Waals surface area contributed by atoms with Crippen molar-refractivity contribution >= 4 is 11.3 Å². The van der Waals surface area contributed by atoms with Crippen LogP contribution in [0.3, 0.4) is 0 Å². The molecule has 0 saturated carbocycles. The molecule has 1 spiro atoms. The fourth-order valence-electron chi connectivity index (χ4n) is 4.60.